The molecule has 4 heteroatoms. The van der Waals surface area contributed by atoms with Gasteiger partial charge in [-0.25, -0.2) is 8.78 Å². The van der Waals surface area contributed by atoms with Crippen molar-refractivity contribution in [2.75, 3.05) is 0 Å². The largest absolute Gasteiger partial charge is 0.385 e. The van der Waals surface area contributed by atoms with E-state index in [4.69, 9.17) is 4.74 Å². The molecule has 1 fully saturated rings. The summed E-state index contributed by atoms with van der Waals surface area (Å²) in [4.78, 5) is 0. The lowest BCUT2D eigenvalue weighted by Crippen LogP contribution is -2.42. The Labute approximate surface area is 118 Å². The van der Waals surface area contributed by atoms with Crippen molar-refractivity contribution in [3.05, 3.63) is 35.4 Å². The minimum atomic E-state index is -1.36. The maximum atomic E-state index is 13.4. The molecule has 1 aromatic carbocycles. The van der Waals surface area contributed by atoms with Gasteiger partial charge in [0.25, 0.3) is 0 Å². The van der Waals surface area contributed by atoms with Crippen LogP contribution in [0.25, 0.3) is 0 Å². The minimum absolute atomic E-state index is 0.245. The molecule has 1 heterocycles. The van der Waals surface area contributed by atoms with Crippen LogP contribution in [0.1, 0.15) is 46.6 Å². The van der Waals surface area contributed by atoms with Crippen LogP contribution in [0.3, 0.4) is 0 Å². The van der Waals surface area contributed by atoms with Gasteiger partial charge in [0.05, 0.1) is 16.8 Å². The number of aliphatic hydroxyl groups is 1. The van der Waals surface area contributed by atoms with E-state index in [-0.39, 0.29) is 17.1 Å². The molecule has 0 saturated carbocycles. The quantitative estimate of drug-likeness (QED) is 0.896. The summed E-state index contributed by atoms with van der Waals surface area (Å²) < 4.78 is 32.8. The van der Waals surface area contributed by atoms with Gasteiger partial charge in [0, 0.05) is 12.0 Å². The van der Waals surface area contributed by atoms with Gasteiger partial charge in [0.2, 0.25) is 0 Å². The number of rotatable bonds is 2. The van der Waals surface area contributed by atoms with Crippen LogP contribution in [0, 0.1) is 17.6 Å². The van der Waals surface area contributed by atoms with Gasteiger partial charge < -0.3 is 9.84 Å². The zero-order valence-corrected chi connectivity index (χ0v) is 12.6. The first-order valence-corrected chi connectivity index (χ1v) is 6.83. The highest BCUT2D eigenvalue weighted by atomic mass is 19.1. The van der Waals surface area contributed by atoms with Crippen LogP contribution >= 0.6 is 0 Å². The fourth-order valence-electron chi connectivity index (χ4n) is 3.49. The van der Waals surface area contributed by atoms with Crippen LogP contribution in [0.5, 0.6) is 0 Å². The molecule has 0 bridgehead atoms. The number of benzene rings is 1. The Morgan fingerprint density at radius 3 is 2.05 bits per heavy atom. The predicted molar refractivity (Wildman–Crippen MR) is 73.3 cm³/mol. The Morgan fingerprint density at radius 2 is 1.65 bits per heavy atom. The van der Waals surface area contributed by atoms with E-state index in [0.717, 1.165) is 6.07 Å². The van der Waals surface area contributed by atoms with E-state index >= 15 is 0 Å². The van der Waals surface area contributed by atoms with Gasteiger partial charge >= 0.3 is 0 Å². The van der Waals surface area contributed by atoms with Gasteiger partial charge in [-0.15, -0.1) is 0 Å². The number of hydrogen-bond donors (Lipinski definition) is 1. The Hall–Kier alpha value is -1.00. The van der Waals surface area contributed by atoms with E-state index in [1.54, 1.807) is 6.92 Å². The molecule has 112 valence electrons. The second kappa shape index (κ2) is 4.50. The number of ether oxygens (including phenoxy) is 1. The van der Waals surface area contributed by atoms with E-state index in [0.29, 0.717) is 6.42 Å². The molecule has 20 heavy (non-hydrogen) atoms. The highest BCUT2D eigenvalue weighted by Crippen LogP contribution is 2.50. The van der Waals surface area contributed by atoms with Crippen LogP contribution < -0.4 is 0 Å². The molecule has 0 amide bonds. The fraction of sp³-hybridized carbons (Fsp3) is 0.625. The molecule has 0 spiro atoms. The Kier molecular flexibility index (Phi) is 3.46. The highest BCUT2D eigenvalue weighted by Gasteiger charge is 2.53. The molecule has 1 saturated heterocycles. The minimum Gasteiger partial charge on any atom is -0.385 e. The van der Waals surface area contributed by atoms with Crippen LogP contribution in [-0.4, -0.2) is 16.3 Å². The van der Waals surface area contributed by atoms with E-state index < -0.39 is 22.8 Å². The first-order valence-electron chi connectivity index (χ1n) is 6.83. The lowest BCUT2D eigenvalue weighted by atomic mass is 9.72. The SMILES string of the molecule is CC1(C)CC(C(C)(O)c2cc(F)cc(F)c2)C(C)(C)O1. The molecule has 0 radical (unpaired) electrons. The summed E-state index contributed by atoms with van der Waals surface area (Å²) in [6, 6.07) is 3.18. The summed E-state index contributed by atoms with van der Waals surface area (Å²) in [6.07, 6.45) is 0.616. The molecular weight excluding hydrogens is 262 g/mol. The predicted octanol–water partition coefficient (Wildman–Crippen LogP) is 3.77. The van der Waals surface area contributed by atoms with Gasteiger partial charge in [-0.2, -0.15) is 0 Å². The summed E-state index contributed by atoms with van der Waals surface area (Å²) >= 11 is 0. The van der Waals surface area contributed by atoms with Crippen LogP contribution in [0.15, 0.2) is 18.2 Å². The molecule has 1 aliphatic heterocycles. The molecule has 2 nitrogen and oxygen atoms in total. The standard InChI is InChI=1S/C16H22F2O2/c1-14(2)9-13(15(3,4)20-14)16(5,19)10-6-11(17)8-12(18)7-10/h6-8,13,19H,9H2,1-5H3. The van der Waals surface area contributed by atoms with Crippen molar-refractivity contribution in [2.24, 2.45) is 5.92 Å². The van der Waals surface area contributed by atoms with E-state index in [2.05, 4.69) is 0 Å². The topological polar surface area (TPSA) is 29.5 Å². The molecule has 2 rings (SSSR count). The molecule has 1 aromatic rings. The van der Waals surface area contributed by atoms with Crippen molar-refractivity contribution in [1.82, 2.24) is 0 Å². The third kappa shape index (κ3) is 2.72. The van der Waals surface area contributed by atoms with Crippen molar-refractivity contribution >= 4 is 0 Å². The van der Waals surface area contributed by atoms with Gasteiger partial charge in [0.15, 0.2) is 0 Å². The van der Waals surface area contributed by atoms with Crippen molar-refractivity contribution in [3.63, 3.8) is 0 Å². The lowest BCUT2D eigenvalue weighted by molar-refractivity contribution is -0.111. The van der Waals surface area contributed by atoms with Gasteiger partial charge in [-0.05, 0) is 58.7 Å². The van der Waals surface area contributed by atoms with Crippen molar-refractivity contribution < 1.29 is 18.6 Å². The summed E-state index contributed by atoms with van der Waals surface area (Å²) in [5, 5.41) is 10.9. The normalized spacial score (nSPS) is 27.3. The van der Waals surface area contributed by atoms with Gasteiger partial charge in [0.1, 0.15) is 11.6 Å². The van der Waals surface area contributed by atoms with Crippen LogP contribution in [-0.2, 0) is 10.3 Å². The lowest BCUT2D eigenvalue weighted by Gasteiger charge is -2.38. The molecule has 0 aliphatic carbocycles. The second-order valence-corrected chi connectivity index (χ2v) is 7.03. The summed E-state index contributed by atoms with van der Waals surface area (Å²) in [7, 11) is 0. The maximum absolute atomic E-state index is 13.4. The maximum Gasteiger partial charge on any atom is 0.126 e. The average molecular weight is 284 g/mol. The molecule has 1 aliphatic rings. The first-order chi connectivity index (χ1) is 8.94. The molecule has 0 aromatic heterocycles. The summed E-state index contributed by atoms with van der Waals surface area (Å²) in [6.45, 7) is 9.31. The van der Waals surface area contributed by atoms with Crippen molar-refractivity contribution in [2.45, 2.75) is 57.8 Å². The second-order valence-electron chi connectivity index (χ2n) is 7.03. The summed E-state index contributed by atoms with van der Waals surface area (Å²) in [5.74, 6) is -1.63. The third-order valence-corrected chi connectivity index (χ3v) is 4.20. The number of hydrogen-bond acceptors (Lipinski definition) is 2. The Morgan fingerprint density at radius 1 is 1.15 bits per heavy atom. The molecule has 2 atom stereocenters. The third-order valence-electron chi connectivity index (χ3n) is 4.20. The monoisotopic (exact) mass is 284 g/mol. The Balaban J connectivity index is 2.44. The van der Waals surface area contributed by atoms with Crippen molar-refractivity contribution in [3.8, 4) is 0 Å². The number of halogens is 2. The van der Waals surface area contributed by atoms with Crippen LogP contribution in [0.4, 0.5) is 8.78 Å². The fourth-order valence-corrected chi connectivity index (χ4v) is 3.49. The first kappa shape index (κ1) is 15.4. The van der Waals surface area contributed by atoms with Crippen molar-refractivity contribution in [1.29, 1.82) is 0 Å². The zero-order valence-electron chi connectivity index (χ0n) is 12.6. The average Bonchev–Trinajstić information content (AvgIpc) is 2.45. The molecular formula is C16H22F2O2. The van der Waals surface area contributed by atoms with E-state index in [9.17, 15) is 13.9 Å². The molecule has 1 N–H and O–H groups in total. The smallest absolute Gasteiger partial charge is 0.126 e. The van der Waals surface area contributed by atoms with Gasteiger partial charge in [-0.1, -0.05) is 0 Å². The summed E-state index contributed by atoms with van der Waals surface area (Å²) in [5.41, 5.74) is -2.06. The Bertz CT molecular complexity index is 501. The van der Waals surface area contributed by atoms with E-state index in [1.165, 1.54) is 12.1 Å². The van der Waals surface area contributed by atoms with Crippen LogP contribution in [0.2, 0.25) is 0 Å². The van der Waals surface area contributed by atoms with Gasteiger partial charge in [-0.3, -0.25) is 0 Å². The zero-order chi connectivity index (χ0) is 15.3. The highest BCUT2D eigenvalue weighted by molar-refractivity contribution is 5.26. The molecule has 2 unspecified atom stereocenters. The van der Waals surface area contributed by atoms with E-state index in [1.807, 2.05) is 27.7 Å².